The smallest absolute Gasteiger partial charge is 0.263 e. The summed E-state index contributed by atoms with van der Waals surface area (Å²) in [6.07, 6.45) is 7.69. The Kier molecular flexibility index (Phi) is 5.98. The van der Waals surface area contributed by atoms with Gasteiger partial charge in [0, 0.05) is 23.0 Å². The largest absolute Gasteiger partial charge is 0.376 e. The van der Waals surface area contributed by atoms with Gasteiger partial charge >= 0.3 is 0 Å². The minimum absolute atomic E-state index is 0.154. The molecule has 1 fully saturated rings. The summed E-state index contributed by atoms with van der Waals surface area (Å²) in [5.41, 5.74) is 1.44. The average molecular weight is 411 g/mol. The van der Waals surface area contributed by atoms with Crippen LogP contribution in [0.1, 0.15) is 36.6 Å². The molecule has 2 aliphatic rings. The standard InChI is InChI=1S/C19H26N2O2S3/c1-12-5-6-14-15(10-12)26-17-16(14)18(22)21(11-13-4-3-7-23-13)19(20-17)25-9-8-24-2/h12-13H,3-11H2,1-2H3/t12-,13+/m0/s1. The van der Waals surface area contributed by atoms with Gasteiger partial charge in [0.05, 0.1) is 18.0 Å². The fourth-order valence-electron chi connectivity index (χ4n) is 3.88. The van der Waals surface area contributed by atoms with Crippen molar-refractivity contribution < 1.29 is 4.74 Å². The highest BCUT2D eigenvalue weighted by atomic mass is 32.2. The molecule has 4 rings (SSSR count). The van der Waals surface area contributed by atoms with Gasteiger partial charge < -0.3 is 4.74 Å². The molecule has 26 heavy (non-hydrogen) atoms. The molecule has 2 atom stereocenters. The van der Waals surface area contributed by atoms with Crippen LogP contribution in [-0.2, 0) is 24.1 Å². The van der Waals surface area contributed by atoms with Gasteiger partial charge in [0.2, 0.25) is 0 Å². The molecule has 2 aromatic heterocycles. The Morgan fingerprint density at radius 2 is 2.23 bits per heavy atom. The Balaban J connectivity index is 1.77. The van der Waals surface area contributed by atoms with E-state index in [-0.39, 0.29) is 11.7 Å². The Bertz CT molecular complexity index is 839. The maximum Gasteiger partial charge on any atom is 0.263 e. The Hall–Kier alpha value is -0.500. The molecule has 4 nitrogen and oxygen atoms in total. The number of aryl methyl sites for hydroxylation is 1. The van der Waals surface area contributed by atoms with Gasteiger partial charge in [-0.2, -0.15) is 11.8 Å². The highest BCUT2D eigenvalue weighted by Gasteiger charge is 2.26. The second-order valence-electron chi connectivity index (χ2n) is 7.32. The van der Waals surface area contributed by atoms with Gasteiger partial charge in [0.1, 0.15) is 4.83 Å². The number of nitrogens with zero attached hydrogens (tertiary/aromatic N) is 2. The van der Waals surface area contributed by atoms with E-state index in [1.54, 1.807) is 23.1 Å². The van der Waals surface area contributed by atoms with E-state index in [4.69, 9.17) is 9.72 Å². The molecule has 3 heterocycles. The topological polar surface area (TPSA) is 44.1 Å². The zero-order valence-corrected chi connectivity index (χ0v) is 17.9. The first kappa shape index (κ1) is 18.8. The van der Waals surface area contributed by atoms with Gasteiger partial charge in [-0.1, -0.05) is 18.7 Å². The highest BCUT2D eigenvalue weighted by Crippen LogP contribution is 2.36. The van der Waals surface area contributed by atoms with E-state index in [1.165, 1.54) is 16.9 Å². The summed E-state index contributed by atoms with van der Waals surface area (Å²) in [7, 11) is 0. The first-order valence-corrected chi connectivity index (χ1v) is 12.7. The Morgan fingerprint density at radius 1 is 1.35 bits per heavy atom. The van der Waals surface area contributed by atoms with Crippen molar-refractivity contribution in [3.05, 3.63) is 20.8 Å². The third-order valence-corrected chi connectivity index (χ3v) is 8.31. The van der Waals surface area contributed by atoms with Crippen LogP contribution in [0, 0.1) is 5.92 Å². The zero-order valence-electron chi connectivity index (χ0n) is 15.5. The summed E-state index contributed by atoms with van der Waals surface area (Å²) in [5, 5.41) is 1.77. The van der Waals surface area contributed by atoms with Gasteiger partial charge in [-0.15, -0.1) is 11.3 Å². The summed E-state index contributed by atoms with van der Waals surface area (Å²) >= 11 is 5.29. The van der Waals surface area contributed by atoms with Crippen LogP contribution in [-0.4, -0.2) is 40.0 Å². The van der Waals surface area contributed by atoms with Crippen LogP contribution < -0.4 is 5.56 Å². The number of rotatable bonds is 6. The molecule has 142 valence electrons. The Labute approximate surface area is 167 Å². The zero-order chi connectivity index (χ0) is 18.1. The summed E-state index contributed by atoms with van der Waals surface area (Å²) < 4.78 is 7.73. The van der Waals surface area contributed by atoms with Crippen LogP contribution in [0.5, 0.6) is 0 Å². The van der Waals surface area contributed by atoms with E-state index in [2.05, 4.69) is 13.2 Å². The lowest BCUT2D eigenvalue weighted by Crippen LogP contribution is -2.29. The minimum atomic E-state index is 0.154. The molecule has 0 amide bonds. The molecule has 0 bridgehead atoms. The molecule has 0 unspecified atom stereocenters. The van der Waals surface area contributed by atoms with Gasteiger partial charge in [-0.25, -0.2) is 4.98 Å². The quantitative estimate of drug-likeness (QED) is 0.405. The molecule has 0 aromatic carbocycles. The number of thiophene rings is 1. The molecule has 0 N–H and O–H groups in total. The van der Waals surface area contributed by atoms with Crippen LogP contribution in [0.4, 0.5) is 0 Å². The van der Waals surface area contributed by atoms with Crippen LogP contribution in [0.3, 0.4) is 0 Å². The van der Waals surface area contributed by atoms with Crippen molar-refractivity contribution in [1.29, 1.82) is 0 Å². The fourth-order valence-corrected chi connectivity index (χ4v) is 6.97. The number of fused-ring (bicyclic) bond motifs is 3. The summed E-state index contributed by atoms with van der Waals surface area (Å²) in [6.45, 7) is 3.76. The second kappa shape index (κ2) is 8.25. The SMILES string of the molecule is CSCCSc1nc2sc3c(c2c(=O)n1C[C@H]1CCCO1)CC[C@H](C)C3. The highest BCUT2D eigenvalue weighted by molar-refractivity contribution is 8.02. The van der Waals surface area contributed by atoms with E-state index in [0.717, 1.165) is 59.2 Å². The molecule has 0 spiro atoms. The monoisotopic (exact) mass is 410 g/mol. The van der Waals surface area contributed by atoms with E-state index in [9.17, 15) is 4.79 Å². The lowest BCUT2D eigenvalue weighted by Gasteiger charge is -2.18. The second-order valence-corrected chi connectivity index (χ2v) is 10.4. The summed E-state index contributed by atoms with van der Waals surface area (Å²) in [5.74, 6) is 2.75. The van der Waals surface area contributed by atoms with Gasteiger partial charge in [0.25, 0.3) is 5.56 Å². The number of hydrogen-bond donors (Lipinski definition) is 0. The molecule has 0 saturated carbocycles. The summed E-state index contributed by atoms with van der Waals surface area (Å²) in [4.78, 5) is 20.7. The lowest BCUT2D eigenvalue weighted by atomic mass is 9.89. The number of hydrogen-bond acceptors (Lipinski definition) is 6. The van der Waals surface area contributed by atoms with E-state index >= 15 is 0 Å². The normalized spacial score (nSPS) is 22.8. The van der Waals surface area contributed by atoms with Crippen molar-refractivity contribution in [2.24, 2.45) is 5.92 Å². The van der Waals surface area contributed by atoms with Gasteiger partial charge in [0.15, 0.2) is 5.16 Å². The molecule has 1 aliphatic heterocycles. The van der Waals surface area contributed by atoms with Crippen molar-refractivity contribution >= 4 is 45.1 Å². The van der Waals surface area contributed by atoms with Crippen LogP contribution in [0.15, 0.2) is 9.95 Å². The third-order valence-electron chi connectivity index (χ3n) is 5.31. The van der Waals surface area contributed by atoms with E-state index in [1.807, 2.05) is 16.3 Å². The van der Waals surface area contributed by atoms with Crippen LogP contribution in [0.25, 0.3) is 10.2 Å². The van der Waals surface area contributed by atoms with Crippen molar-refractivity contribution in [2.75, 3.05) is 24.4 Å². The average Bonchev–Trinajstić information content (AvgIpc) is 3.25. The third kappa shape index (κ3) is 3.73. The predicted molar refractivity (Wildman–Crippen MR) is 113 cm³/mol. The molecule has 2 aromatic rings. The minimum Gasteiger partial charge on any atom is -0.376 e. The number of aromatic nitrogens is 2. The maximum absolute atomic E-state index is 13.4. The predicted octanol–water partition coefficient (Wildman–Crippen LogP) is 4.22. The molecular weight excluding hydrogens is 384 g/mol. The van der Waals surface area contributed by atoms with Gasteiger partial charge in [-0.3, -0.25) is 9.36 Å². The maximum atomic E-state index is 13.4. The number of thioether (sulfide) groups is 2. The van der Waals surface area contributed by atoms with Crippen molar-refractivity contribution in [3.63, 3.8) is 0 Å². The molecular formula is C19H26N2O2S3. The fraction of sp³-hybridized carbons (Fsp3) is 0.684. The van der Waals surface area contributed by atoms with Crippen molar-refractivity contribution in [2.45, 2.75) is 56.8 Å². The molecule has 7 heteroatoms. The summed E-state index contributed by atoms with van der Waals surface area (Å²) in [6, 6.07) is 0. The Morgan fingerprint density at radius 3 is 3.00 bits per heavy atom. The van der Waals surface area contributed by atoms with Gasteiger partial charge in [-0.05, 0) is 49.8 Å². The van der Waals surface area contributed by atoms with Crippen LogP contribution >= 0.6 is 34.9 Å². The first-order chi connectivity index (χ1) is 12.7. The molecule has 1 aliphatic carbocycles. The number of ether oxygens (including phenoxy) is 1. The van der Waals surface area contributed by atoms with Crippen LogP contribution in [0.2, 0.25) is 0 Å². The first-order valence-electron chi connectivity index (χ1n) is 9.45. The molecule has 1 saturated heterocycles. The van der Waals surface area contributed by atoms with E-state index < -0.39 is 0 Å². The lowest BCUT2D eigenvalue weighted by molar-refractivity contribution is 0.0937. The van der Waals surface area contributed by atoms with Crippen molar-refractivity contribution in [1.82, 2.24) is 9.55 Å². The molecule has 0 radical (unpaired) electrons. The van der Waals surface area contributed by atoms with Crippen molar-refractivity contribution in [3.8, 4) is 0 Å². The van der Waals surface area contributed by atoms with E-state index in [0.29, 0.717) is 12.5 Å².